The third kappa shape index (κ3) is 7.24. The third-order valence-electron chi connectivity index (χ3n) is 7.31. The Balaban J connectivity index is 0.000000399. The Bertz CT molecular complexity index is 1960. The molecule has 0 bridgehead atoms. The van der Waals surface area contributed by atoms with E-state index in [4.69, 9.17) is 20.9 Å². The number of rotatable bonds is 8. The number of nitrogens with two attached hydrogens (primary N) is 1. The molecule has 5 rings (SSSR count). The molecule has 1 aliphatic rings. The van der Waals surface area contributed by atoms with Gasteiger partial charge < -0.3 is 20.8 Å². The van der Waals surface area contributed by atoms with Gasteiger partial charge in [-0.15, -0.1) is 5.92 Å². The summed E-state index contributed by atoms with van der Waals surface area (Å²) in [6.45, 7) is 5.31. The van der Waals surface area contributed by atoms with E-state index in [2.05, 4.69) is 26.7 Å². The number of imidazole rings is 1. The molecule has 1 saturated heterocycles. The van der Waals surface area contributed by atoms with Gasteiger partial charge in [-0.2, -0.15) is 4.98 Å². The predicted octanol–water partition coefficient (Wildman–Crippen LogP) is 0.652. The molecular formula is C30H34N8O7. The van der Waals surface area contributed by atoms with E-state index in [9.17, 15) is 24.0 Å². The molecule has 1 aromatic carbocycles. The second-order valence-corrected chi connectivity index (χ2v) is 10.5. The molecule has 0 unspecified atom stereocenters. The number of para-hydroxylation sites is 1. The van der Waals surface area contributed by atoms with Crippen LogP contribution in [0.15, 0.2) is 33.9 Å². The van der Waals surface area contributed by atoms with Gasteiger partial charge in [0.2, 0.25) is 11.7 Å². The van der Waals surface area contributed by atoms with E-state index in [1.54, 1.807) is 18.5 Å². The van der Waals surface area contributed by atoms with Gasteiger partial charge in [0, 0.05) is 43.7 Å². The van der Waals surface area contributed by atoms with Crippen molar-refractivity contribution in [3.8, 4) is 11.8 Å². The van der Waals surface area contributed by atoms with Crippen molar-refractivity contribution in [3.05, 3.63) is 56.6 Å². The van der Waals surface area contributed by atoms with Crippen LogP contribution in [0.3, 0.4) is 0 Å². The first-order valence-electron chi connectivity index (χ1n) is 14.2. The summed E-state index contributed by atoms with van der Waals surface area (Å²) in [5.74, 6) is 3.13. The zero-order chi connectivity index (χ0) is 32.8. The van der Waals surface area contributed by atoms with Crippen molar-refractivity contribution in [2.75, 3.05) is 18.0 Å². The number of hydrogen-bond acceptors (Lipinski definition) is 10. The van der Waals surface area contributed by atoms with Crippen LogP contribution in [0.1, 0.15) is 44.1 Å². The molecule has 236 valence electrons. The number of aliphatic carboxylic acids is 2. The first kappa shape index (κ1) is 32.6. The lowest BCUT2D eigenvalue weighted by molar-refractivity contribution is -0.149. The first-order chi connectivity index (χ1) is 21.4. The van der Waals surface area contributed by atoms with E-state index in [-0.39, 0.29) is 19.1 Å². The number of anilines is 1. The Kier molecular flexibility index (Phi) is 10.1. The summed E-state index contributed by atoms with van der Waals surface area (Å²) in [6, 6.07) is 7.71. The van der Waals surface area contributed by atoms with Crippen LogP contribution in [0.2, 0.25) is 0 Å². The number of carboxylic acid groups (broad SMARTS) is 2. The summed E-state index contributed by atoms with van der Waals surface area (Å²) in [5.41, 5.74) is 7.54. The molecule has 1 fully saturated rings. The molecule has 3 aromatic heterocycles. The summed E-state index contributed by atoms with van der Waals surface area (Å²) < 4.78 is 4.39. The number of carboxylic acids is 2. The molecule has 4 N–H and O–H groups in total. The maximum atomic E-state index is 13.7. The number of Topliss-reactive ketones (excluding diaryl/α,β-unsaturated/α-hetero) is 1. The molecule has 1 aliphatic heterocycles. The summed E-state index contributed by atoms with van der Waals surface area (Å²) in [5, 5.41) is 16.9. The molecule has 1 atom stereocenters. The number of carbonyl (C=O) groups is 3. The van der Waals surface area contributed by atoms with E-state index in [0.717, 1.165) is 36.0 Å². The average molecular weight is 619 g/mol. The molecule has 15 heteroatoms. The second kappa shape index (κ2) is 14.0. The van der Waals surface area contributed by atoms with Crippen LogP contribution in [0.25, 0.3) is 22.1 Å². The minimum atomic E-state index is -1.58. The molecule has 0 amide bonds. The highest BCUT2D eigenvalue weighted by Crippen LogP contribution is 2.23. The zero-order valence-corrected chi connectivity index (χ0v) is 25.2. The van der Waals surface area contributed by atoms with Crippen molar-refractivity contribution >= 4 is 45.7 Å². The highest BCUT2D eigenvalue weighted by atomic mass is 16.4. The number of ketones is 1. The minimum absolute atomic E-state index is 0.0306. The lowest BCUT2D eigenvalue weighted by Crippen LogP contribution is -2.44. The van der Waals surface area contributed by atoms with Gasteiger partial charge in [0.05, 0.1) is 25.0 Å². The molecule has 15 nitrogen and oxygen atoms in total. The molecule has 0 saturated carbocycles. The normalized spacial score (nSPS) is 14.4. The molecule has 4 aromatic rings. The summed E-state index contributed by atoms with van der Waals surface area (Å²) >= 11 is 0. The van der Waals surface area contributed by atoms with Gasteiger partial charge in [-0.05, 0) is 32.8 Å². The van der Waals surface area contributed by atoms with Gasteiger partial charge in [-0.1, -0.05) is 24.1 Å². The Labute approximate surface area is 256 Å². The summed E-state index contributed by atoms with van der Waals surface area (Å²) in [4.78, 5) is 72.7. The fourth-order valence-electron chi connectivity index (χ4n) is 5.07. The number of nitrogens with zero attached hydrogens (tertiary/aromatic N) is 7. The number of aryl methyl sites for hydroxylation is 2. The number of benzene rings is 1. The minimum Gasteiger partial charge on any atom is -0.481 e. The van der Waals surface area contributed by atoms with E-state index in [1.807, 2.05) is 31.2 Å². The van der Waals surface area contributed by atoms with Crippen molar-refractivity contribution < 1.29 is 24.6 Å². The maximum absolute atomic E-state index is 13.7. The van der Waals surface area contributed by atoms with Gasteiger partial charge in [0.1, 0.15) is 5.82 Å². The lowest BCUT2D eigenvalue weighted by Gasteiger charge is -2.31. The van der Waals surface area contributed by atoms with E-state index >= 15 is 0 Å². The number of aromatic nitrogens is 6. The van der Waals surface area contributed by atoms with E-state index < -0.39 is 41.8 Å². The van der Waals surface area contributed by atoms with Crippen molar-refractivity contribution in [1.82, 2.24) is 28.7 Å². The van der Waals surface area contributed by atoms with Crippen LogP contribution in [-0.2, 0) is 34.5 Å². The maximum Gasteiger partial charge on any atom is 0.372 e. The Morgan fingerprint density at radius 3 is 2.47 bits per heavy atom. The number of fused-ring (bicyclic) bond motifs is 2. The highest BCUT2D eigenvalue weighted by molar-refractivity contribution is 6.32. The van der Waals surface area contributed by atoms with Gasteiger partial charge in [-0.25, -0.2) is 19.6 Å². The number of hydrogen-bond donors (Lipinski definition) is 3. The monoisotopic (exact) mass is 618 g/mol. The van der Waals surface area contributed by atoms with Crippen LogP contribution in [0, 0.1) is 18.8 Å². The molecule has 45 heavy (non-hydrogen) atoms. The van der Waals surface area contributed by atoms with Crippen LogP contribution in [-0.4, -0.2) is 75.7 Å². The molecule has 0 spiro atoms. The smallest absolute Gasteiger partial charge is 0.372 e. The molecule has 0 aliphatic carbocycles. The lowest BCUT2D eigenvalue weighted by atomic mass is 10.1. The first-order valence-corrected chi connectivity index (χ1v) is 14.2. The van der Waals surface area contributed by atoms with Crippen LogP contribution >= 0.6 is 0 Å². The molecule has 0 radical (unpaired) electrons. The third-order valence-corrected chi connectivity index (χ3v) is 7.31. The summed E-state index contributed by atoms with van der Waals surface area (Å²) in [7, 11) is 1.63. The van der Waals surface area contributed by atoms with Crippen molar-refractivity contribution in [1.29, 1.82) is 0 Å². The highest BCUT2D eigenvalue weighted by Gasteiger charge is 2.26. The fourth-order valence-corrected chi connectivity index (χ4v) is 5.07. The predicted molar refractivity (Wildman–Crippen MR) is 165 cm³/mol. The van der Waals surface area contributed by atoms with Crippen molar-refractivity contribution in [3.63, 3.8) is 0 Å². The molecule has 4 heterocycles. The standard InChI is InChI=1S/C25H28N8O2.C5H6O5/c1-4-5-13-32-21-22(29-24(32)31-12-8-9-17(26)14-31)30(3)25(35)33(23(21)34)15-20-27-16(2)18-10-6-7-11-19(18)28-20;6-3(5(9)10)1-2-4(7)8/h6-7,10-11,17H,8-9,12-15,26H2,1-3H3;1-2H2,(H,7,8)(H,9,10)/t17-;/m1./s1. The van der Waals surface area contributed by atoms with Crippen LogP contribution in [0.4, 0.5) is 5.95 Å². The Hall–Kier alpha value is -5.36. The van der Waals surface area contributed by atoms with Crippen LogP contribution < -0.4 is 21.9 Å². The Morgan fingerprint density at radius 1 is 1.07 bits per heavy atom. The topological polar surface area (TPSA) is 209 Å². The van der Waals surface area contributed by atoms with Crippen molar-refractivity contribution in [2.24, 2.45) is 12.8 Å². The van der Waals surface area contributed by atoms with Crippen molar-refractivity contribution in [2.45, 2.75) is 58.7 Å². The fraction of sp³-hybridized carbons (Fsp3) is 0.400. The second-order valence-electron chi connectivity index (χ2n) is 10.5. The van der Waals surface area contributed by atoms with Gasteiger partial charge in [0.15, 0.2) is 11.2 Å². The van der Waals surface area contributed by atoms with E-state index in [0.29, 0.717) is 29.5 Å². The largest absolute Gasteiger partial charge is 0.481 e. The SMILES string of the molecule is CC#CCn1c(N2CCC[C@@H](N)C2)nc2c1c(=O)n(Cc1nc(C)c3ccccc3n1)c(=O)n2C.O=C(O)CCC(=O)C(=O)O. The number of carbonyl (C=O) groups excluding carboxylic acids is 1. The zero-order valence-electron chi connectivity index (χ0n) is 25.2. The Morgan fingerprint density at radius 2 is 1.80 bits per heavy atom. The molecular weight excluding hydrogens is 584 g/mol. The van der Waals surface area contributed by atoms with Gasteiger partial charge in [-0.3, -0.25) is 28.1 Å². The average Bonchev–Trinajstić information content (AvgIpc) is 3.40. The van der Waals surface area contributed by atoms with Gasteiger partial charge >= 0.3 is 17.6 Å². The number of piperidine rings is 1. The van der Waals surface area contributed by atoms with Gasteiger partial charge in [0.25, 0.3) is 5.56 Å². The van der Waals surface area contributed by atoms with Crippen LogP contribution in [0.5, 0.6) is 0 Å². The quantitative estimate of drug-likeness (QED) is 0.184. The van der Waals surface area contributed by atoms with E-state index in [1.165, 1.54) is 9.13 Å². The summed E-state index contributed by atoms with van der Waals surface area (Å²) in [6.07, 6.45) is 1.02.